The first-order valence-corrected chi connectivity index (χ1v) is 5.84. The van der Waals surface area contributed by atoms with E-state index < -0.39 is 23.8 Å². The molecule has 1 aromatic rings. The largest absolute Gasteiger partial charge is 0.493 e. The van der Waals surface area contributed by atoms with Crippen LogP contribution in [0.5, 0.6) is 11.5 Å². The summed E-state index contributed by atoms with van der Waals surface area (Å²) in [5, 5.41) is 8.92. The molecular weight excluding hydrogens is 277 g/mol. The Hall–Kier alpha value is -2.18. The van der Waals surface area contributed by atoms with Crippen molar-refractivity contribution in [2.75, 3.05) is 6.61 Å². The molecule has 0 aromatic heterocycles. The number of aliphatic carboxylic acids is 1. The van der Waals surface area contributed by atoms with Crippen molar-refractivity contribution in [1.29, 1.82) is 0 Å². The predicted molar refractivity (Wildman–Crippen MR) is 61.7 cm³/mol. The van der Waals surface area contributed by atoms with Crippen molar-refractivity contribution in [3.8, 4) is 11.5 Å². The van der Waals surface area contributed by atoms with Crippen molar-refractivity contribution >= 4 is 12.0 Å². The number of carboxylic acids is 1. The van der Waals surface area contributed by atoms with E-state index in [-0.39, 0.29) is 5.75 Å². The highest BCUT2D eigenvalue weighted by Crippen LogP contribution is 2.41. The summed E-state index contributed by atoms with van der Waals surface area (Å²) in [6, 6.07) is 2.98. The maximum absolute atomic E-state index is 12.9. The molecular formula is C13H9F3O4. The quantitative estimate of drug-likeness (QED) is 0.861. The van der Waals surface area contributed by atoms with Gasteiger partial charge in [0.25, 0.3) is 0 Å². The van der Waals surface area contributed by atoms with Crippen LogP contribution in [0, 0.1) is 0 Å². The number of halogens is 3. The summed E-state index contributed by atoms with van der Waals surface area (Å²) in [4.78, 5) is 11.0. The third-order valence-electron chi connectivity index (χ3n) is 3.20. The van der Waals surface area contributed by atoms with Crippen molar-refractivity contribution in [2.24, 2.45) is 0 Å². The summed E-state index contributed by atoms with van der Waals surface area (Å²) in [5.74, 6) is -1.18. The fourth-order valence-electron chi connectivity index (χ4n) is 2.29. The molecule has 0 aliphatic carbocycles. The molecule has 1 N–H and O–H groups in total. The van der Waals surface area contributed by atoms with E-state index in [2.05, 4.69) is 0 Å². The van der Waals surface area contributed by atoms with E-state index in [1.54, 1.807) is 6.07 Å². The molecule has 2 heterocycles. The van der Waals surface area contributed by atoms with Gasteiger partial charge >= 0.3 is 12.1 Å². The molecule has 1 unspecified atom stereocenters. The lowest BCUT2D eigenvalue weighted by Gasteiger charge is -2.27. The summed E-state index contributed by atoms with van der Waals surface area (Å²) in [5.41, 5.74) is 0.342. The summed E-state index contributed by atoms with van der Waals surface area (Å²) in [7, 11) is 0. The highest BCUT2D eigenvalue weighted by atomic mass is 19.4. The summed E-state index contributed by atoms with van der Waals surface area (Å²) >= 11 is 0. The van der Waals surface area contributed by atoms with Crippen LogP contribution in [0.25, 0.3) is 6.08 Å². The van der Waals surface area contributed by atoms with E-state index >= 15 is 0 Å². The van der Waals surface area contributed by atoms with Gasteiger partial charge in [-0.15, -0.1) is 0 Å². The first kappa shape index (κ1) is 12.8. The third-order valence-corrected chi connectivity index (χ3v) is 3.20. The minimum Gasteiger partial charge on any atom is -0.493 e. The number of rotatable bonds is 1. The van der Waals surface area contributed by atoms with Gasteiger partial charge in [-0.25, -0.2) is 4.79 Å². The van der Waals surface area contributed by atoms with Gasteiger partial charge in [0, 0.05) is 18.1 Å². The zero-order valence-corrected chi connectivity index (χ0v) is 10.0. The van der Waals surface area contributed by atoms with Gasteiger partial charge < -0.3 is 14.6 Å². The Morgan fingerprint density at radius 2 is 2.05 bits per heavy atom. The van der Waals surface area contributed by atoms with Crippen molar-refractivity contribution in [2.45, 2.75) is 18.7 Å². The number of hydrogen-bond acceptors (Lipinski definition) is 3. The molecule has 3 rings (SSSR count). The van der Waals surface area contributed by atoms with E-state index in [0.717, 1.165) is 11.6 Å². The third kappa shape index (κ3) is 1.99. The predicted octanol–water partition coefficient (Wildman–Crippen LogP) is 2.41. The Labute approximate surface area is 111 Å². The van der Waals surface area contributed by atoms with Crippen LogP contribution in [0.1, 0.15) is 11.1 Å². The molecule has 106 valence electrons. The highest BCUT2D eigenvalue weighted by molar-refractivity contribution is 5.95. The topological polar surface area (TPSA) is 55.8 Å². The number of benzene rings is 1. The van der Waals surface area contributed by atoms with Gasteiger partial charge in [0.2, 0.25) is 6.10 Å². The molecule has 0 radical (unpaired) electrons. The molecule has 1 aromatic carbocycles. The molecule has 2 aliphatic heterocycles. The molecule has 0 saturated carbocycles. The molecule has 2 aliphatic rings. The van der Waals surface area contributed by atoms with Crippen LogP contribution < -0.4 is 9.47 Å². The van der Waals surface area contributed by atoms with E-state index in [0.29, 0.717) is 24.3 Å². The van der Waals surface area contributed by atoms with Crippen molar-refractivity contribution < 1.29 is 32.5 Å². The van der Waals surface area contributed by atoms with Gasteiger partial charge in [0.1, 0.15) is 11.5 Å². The van der Waals surface area contributed by atoms with E-state index in [1.807, 2.05) is 0 Å². The maximum atomic E-state index is 12.9. The van der Waals surface area contributed by atoms with E-state index in [1.165, 1.54) is 6.07 Å². The van der Waals surface area contributed by atoms with Gasteiger partial charge in [0.05, 0.1) is 12.2 Å². The van der Waals surface area contributed by atoms with Gasteiger partial charge in [-0.05, 0) is 17.7 Å². The standard InChI is InChI=1S/C13H9F3O4/c14-13(15,16)11-8(12(17)18)4-7-3-6-1-2-19-9(6)5-10(7)20-11/h3-5,11H,1-2H2,(H,17,18). The van der Waals surface area contributed by atoms with Crippen LogP contribution in [-0.4, -0.2) is 30.0 Å². The molecule has 0 fully saturated rings. The van der Waals surface area contributed by atoms with Crippen LogP contribution in [0.2, 0.25) is 0 Å². The Kier molecular flexibility index (Phi) is 2.67. The molecule has 4 nitrogen and oxygen atoms in total. The van der Waals surface area contributed by atoms with Crippen molar-refractivity contribution in [3.05, 3.63) is 28.8 Å². The Morgan fingerprint density at radius 3 is 2.70 bits per heavy atom. The molecule has 0 saturated heterocycles. The second-order valence-electron chi connectivity index (χ2n) is 4.54. The van der Waals surface area contributed by atoms with Crippen LogP contribution in [0.4, 0.5) is 13.2 Å². The number of fused-ring (bicyclic) bond motifs is 2. The Balaban J connectivity index is 2.10. The number of carboxylic acid groups (broad SMARTS) is 1. The van der Waals surface area contributed by atoms with Gasteiger partial charge in [-0.3, -0.25) is 0 Å². The zero-order valence-electron chi connectivity index (χ0n) is 10.0. The average molecular weight is 286 g/mol. The number of carbonyl (C=O) groups is 1. The summed E-state index contributed by atoms with van der Waals surface area (Å²) < 4.78 is 48.7. The fourth-order valence-corrected chi connectivity index (χ4v) is 2.29. The lowest BCUT2D eigenvalue weighted by molar-refractivity contribution is -0.187. The monoisotopic (exact) mass is 286 g/mol. The zero-order chi connectivity index (χ0) is 14.5. The van der Waals surface area contributed by atoms with Gasteiger partial charge in [-0.1, -0.05) is 0 Å². The smallest absolute Gasteiger partial charge is 0.430 e. The maximum Gasteiger partial charge on any atom is 0.430 e. The lowest BCUT2D eigenvalue weighted by atomic mass is 9.99. The highest BCUT2D eigenvalue weighted by Gasteiger charge is 2.48. The molecule has 0 bridgehead atoms. The number of alkyl halides is 3. The fraction of sp³-hybridized carbons (Fsp3) is 0.308. The first-order chi connectivity index (χ1) is 9.36. The first-order valence-electron chi connectivity index (χ1n) is 5.84. The van der Waals surface area contributed by atoms with Crippen molar-refractivity contribution in [1.82, 2.24) is 0 Å². The van der Waals surface area contributed by atoms with Crippen LogP contribution >= 0.6 is 0 Å². The van der Waals surface area contributed by atoms with Gasteiger partial charge in [-0.2, -0.15) is 13.2 Å². The normalized spacial score (nSPS) is 20.4. The van der Waals surface area contributed by atoms with Gasteiger partial charge in [0.15, 0.2) is 0 Å². The van der Waals surface area contributed by atoms with Crippen molar-refractivity contribution in [3.63, 3.8) is 0 Å². The summed E-state index contributed by atoms with van der Waals surface area (Å²) in [6.45, 7) is 0.455. The molecule has 1 atom stereocenters. The van der Waals surface area contributed by atoms with Crippen LogP contribution in [0.3, 0.4) is 0 Å². The van der Waals surface area contributed by atoms with Crippen LogP contribution in [-0.2, 0) is 11.2 Å². The lowest BCUT2D eigenvalue weighted by Crippen LogP contribution is -2.40. The second kappa shape index (κ2) is 4.16. The molecule has 20 heavy (non-hydrogen) atoms. The molecule has 0 spiro atoms. The Bertz CT molecular complexity index is 619. The minimum atomic E-state index is -4.79. The minimum absolute atomic E-state index is 0.0158. The second-order valence-corrected chi connectivity index (χ2v) is 4.54. The molecule has 0 amide bonds. The number of ether oxygens (including phenoxy) is 2. The Morgan fingerprint density at radius 1 is 1.30 bits per heavy atom. The van der Waals surface area contributed by atoms with E-state index in [4.69, 9.17) is 14.6 Å². The van der Waals surface area contributed by atoms with Crippen LogP contribution in [0.15, 0.2) is 17.7 Å². The molecule has 7 heteroatoms. The summed E-state index contributed by atoms with van der Waals surface area (Å²) in [6.07, 6.45) is -5.60. The number of hydrogen-bond donors (Lipinski definition) is 1. The average Bonchev–Trinajstić information content (AvgIpc) is 2.80. The SMILES string of the molecule is O=C(O)C1=Cc2cc3c(cc2OC1C(F)(F)F)OCC3. The van der Waals surface area contributed by atoms with E-state index in [9.17, 15) is 18.0 Å².